The van der Waals surface area contributed by atoms with Crippen LogP contribution >= 0.6 is 11.3 Å². The predicted molar refractivity (Wildman–Crippen MR) is 194 cm³/mol. The highest BCUT2D eigenvalue weighted by atomic mass is 32.1. The van der Waals surface area contributed by atoms with Crippen LogP contribution in [0.25, 0.3) is 23.0 Å². The molecule has 0 aliphatic carbocycles. The van der Waals surface area contributed by atoms with Gasteiger partial charge in [-0.05, 0) is 80.4 Å². The van der Waals surface area contributed by atoms with Gasteiger partial charge in [-0.3, -0.25) is 14.2 Å². The number of para-hydroxylation sites is 1. The number of ether oxygens (including phenoxy) is 4. The number of nitrogens with zero attached hydrogens (tertiary/aromatic N) is 4. The molecule has 0 N–H and O–H groups in total. The fraction of sp³-hybridized carbons (Fsp3) is 0.205. The Hall–Kier alpha value is -6.01. The van der Waals surface area contributed by atoms with Gasteiger partial charge < -0.3 is 18.9 Å². The minimum absolute atomic E-state index is 0.135. The molecule has 6 rings (SSSR count). The molecule has 0 radical (unpaired) electrons. The predicted octanol–water partition coefficient (Wildman–Crippen LogP) is 5.46. The molecule has 0 saturated heterocycles. The minimum Gasteiger partial charge on any atom is -0.493 e. The normalized spacial score (nSPS) is 14.1. The van der Waals surface area contributed by atoms with Crippen LogP contribution < -0.4 is 29.1 Å². The van der Waals surface area contributed by atoms with Gasteiger partial charge in [-0.15, -0.1) is 0 Å². The number of carbonyl (C=O) groups is 2. The molecule has 1 atom stereocenters. The highest BCUT2D eigenvalue weighted by Gasteiger charge is 2.34. The summed E-state index contributed by atoms with van der Waals surface area (Å²) in [5, 5.41) is 4.95. The van der Waals surface area contributed by atoms with Crippen LogP contribution in [0.3, 0.4) is 0 Å². The Kier molecular flexibility index (Phi) is 10.1. The Bertz CT molecular complexity index is 2370. The maximum Gasteiger partial charge on any atom is 0.338 e. The van der Waals surface area contributed by atoms with Crippen LogP contribution in [0.15, 0.2) is 107 Å². The number of aryl methyl sites for hydroxylation is 1. The molecule has 3 heterocycles. The Labute approximate surface area is 298 Å². The van der Waals surface area contributed by atoms with Gasteiger partial charge in [-0.1, -0.05) is 48.3 Å². The lowest BCUT2D eigenvalue weighted by molar-refractivity contribution is -0.139. The number of fused-ring (bicyclic) bond motifs is 1. The molecule has 1 aliphatic rings. The second kappa shape index (κ2) is 14.9. The van der Waals surface area contributed by atoms with E-state index in [-0.39, 0.29) is 29.2 Å². The van der Waals surface area contributed by atoms with Crippen LogP contribution in [-0.4, -0.2) is 46.6 Å². The fourth-order valence-electron chi connectivity index (χ4n) is 5.88. The van der Waals surface area contributed by atoms with Crippen molar-refractivity contribution in [1.29, 1.82) is 0 Å². The SMILES string of the molecule is C=CCOc1ccc(-c2nn(-c3ccccc3)cc2/C=c2\sc3n(c2=O)[C@@H](c2ccc(OC(C)=O)c(OC)c2)C(C(=O)OCC)=C(C)N=3)cc1C. The number of esters is 2. The van der Waals surface area contributed by atoms with Crippen molar-refractivity contribution in [2.75, 3.05) is 20.3 Å². The smallest absolute Gasteiger partial charge is 0.338 e. The molecule has 0 spiro atoms. The average Bonchev–Trinajstić information content (AvgIpc) is 3.67. The summed E-state index contributed by atoms with van der Waals surface area (Å²) in [6.45, 7) is 10.9. The van der Waals surface area contributed by atoms with Crippen molar-refractivity contribution in [3.63, 3.8) is 0 Å². The largest absolute Gasteiger partial charge is 0.493 e. The summed E-state index contributed by atoms with van der Waals surface area (Å²) < 4.78 is 25.7. The van der Waals surface area contributed by atoms with E-state index in [4.69, 9.17) is 29.0 Å². The molecule has 51 heavy (non-hydrogen) atoms. The van der Waals surface area contributed by atoms with Crippen LogP contribution in [0.4, 0.5) is 0 Å². The molecular weight excluding hydrogens is 669 g/mol. The molecule has 5 aromatic rings. The highest BCUT2D eigenvalue weighted by molar-refractivity contribution is 7.07. The number of hydrogen-bond donors (Lipinski definition) is 0. The molecule has 0 unspecified atom stereocenters. The zero-order valence-corrected chi connectivity index (χ0v) is 29.7. The van der Waals surface area contributed by atoms with Crippen molar-refractivity contribution in [3.05, 3.63) is 133 Å². The Morgan fingerprint density at radius 1 is 1.02 bits per heavy atom. The first-order valence-corrected chi connectivity index (χ1v) is 17.0. The number of methoxy groups -OCH3 is 1. The summed E-state index contributed by atoms with van der Waals surface area (Å²) in [5.74, 6) is 0.0960. The maximum atomic E-state index is 14.5. The lowest BCUT2D eigenvalue weighted by atomic mass is 9.95. The average molecular weight is 705 g/mol. The van der Waals surface area contributed by atoms with E-state index in [1.54, 1.807) is 48.9 Å². The number of rotatable bonds is 11. The lowest BCUT2D eigenvalue weighted by Crippen LogP contribution is -2.40. The Morgan fingerprint density at radius 3 is 2.47 bits per heavy atom. The number of thiazole rings is 1. The molecule has 0 amide bonds. The molecule has 1 aliphatic heterocycles. The molecule has 11 nitrogen and oxygen atoms in total. The molecule has 260 valence electrons. The van der Waals surface area contributed by atoms with Crippen LogP contribution in [0.5, 0.6) is 17.2 Å². The van der Waals surface area contributed by atoms with Gasteiger partial charge in [0.1, 0.15) is 18.1 Å². The summed E-state index contributed by atoms with van der Waals surface area (Å²) in [6.07, 6.45) is 5.37. The third kappa shape index (κ3) is 7.04. The highest BCUT2D eigenvalue weighted by Crippen LogP contribution is 2.36. The van der Waals surface area contributed by atoms with Crippen LogP contribution in [0.1, 0.15) is 43.5 Å². The minimum atomic E-state index is -0.903. The molecule has 0 fully saturated rings. The number of benzene rings is 3. The van der Waals surface area contributed by atoms with Gasteiger partial charge in [0.25, 0.3) is 5.56 Å². The van der Waals surface area contributed by atoms with Crippen molar-refractivity contribution >= 4 is 29.4 Å². The Morgan fingerprint density at radius 2 is 1.78 bits per heavy atom. The van der Waals surface area contributed by atoms with Crippen molar-refractivity contribution in [2.24, 2.45) is 4.99 Å². The monoisotopic (exact) mass is 704 g/mol. The van der Waals surface area contributed by atoms with Gasteiger partial charge in [0.2, 0.25) is 0 Å². The summed E-state index contributed by atoms with van der Waals surface area (Å²) in [5.41, 5.74) is 4.79. The number of allylic oxidation sites excluding steroid dienone is 1. The zero-order valence-electron chi connectivity index (χ0n) is 28.8. The second-order valence-electron chi connectivity index (χ2n) is 11.6. The van der Waals surface area contributed by atoms with Crippen LogP contribution in [-0.2, 0) is 14.3 Å². The Balaban J connectivity index is 1.54. The number of hydrogen-bond acceptors (Lipinski definition) is 10. The van der Waals surface area contributed by atoms with E-state index in [0.29, 0.717) is 38.5 Å². The molecule has 3 aromatic carbocycles. The third-order valence-corrected chi connectivity index (χ3v) is 9.11. The topological polar surface area (TPSA) is 123 Å². The second-order valence-corrected chi connectivity index (χ2v) is 12.6. The molecular formula is C39H36N4O7S. The maximum absolute atomic E-state index is 14.5. The standard InChI is InChI=1S/C39H36N4O7S/c1-7-18-49-30-16-14-26(19-23(30)3)35-28(22-42(41-35)29-12-10-9-11-13-29)21-33-37(45)43-36(27-15-17-31(50-25(5)44)32(20-27)47-6)34(38(46)48-8-2)24(4)40-39(43)51-33/h7,9-17,19-22,36H,1,8,18H2,2-6H3/b33-21-/t36-/m0/s1. The van der Waals surface area contributed by atoms with E-state index in [9.17, 15) is 14.4 Å². The van der Waals surface area contributed by atoms with Gasteiger partial charge in [0.15, 0.2) is 16.3 Å². The molecule has 0 saturated carbocycles. The molecule has 12 heteroatoms. The summed E-state index contributed by atoms with van der Waals surface area (Å²) >= 11 is 1.21. The van der Waals surface area contributed by atoms with Crippen molar-refractivity contribution < 1.29 is 28.5 Å². The van der Waals surface area contributed by atoms with Crippen molar-refractivity contribution in [2.45, 2.75) is 33.7 Å². The molecule has 2 aromatic heterocycles. The summed E-state index contributed by atoms with van der Waals surface area (Å²) in [7, 11) is 1.45. The van der Waals surface area contributed by atoms with E-state index < -0.39 is 18.0 Å². The van der Waals surface area contributed by atoms with Crippen molar-refractivity contribution in [3.8, 4) is 34.2 Å². The van der Waals surface area contributed by atoms with E-state index in [2.05, 4.69) is 6.58 Å². The fourth-order valence-corrected chi connectivity index (χ4v) is 6.92. The van der Waals surface area contributed by atoms with Gasteiger partial charge in [0, 0.05) is 24.2 Å². The van der Waals surface area contributed by atoms with Gasteiger partial charge >= 0.3 is 11.9 Å². The van der Waals surface area contributed by atoms with E-state index in [0.717, 1.165) is 22.6 Å². The van der Waals surface area contributed by atoms with Gasteiger partial charge in [-0.25, -0.2) is 14.5 Å². The van der Waals surface area contributed by atoms with E-state index in [1.807, 2.05) is 61.7 Å². The first kappa shape index (κ1) is 34.8. The van der Waals surface area contributed by atoms with Crippen LogP contribution in [0.2, 0.25) is 0 Å². The number of carbonyl (C=O) groups excluding carboxylic acids is 2. The molecule has 0 bridgehead atoms. The van der Waals surface area contributed by atoms with Gasteiger partial charge in [0.05, 0.1) is 41.2 Å². The van der Waals surface area contributed by atoms with E-state index >= 15 is 0 Å². The first-order chi connectivity index (χ1) is 24.6. The van der Waals surface area contributed by atoms with Gasteiger partial charge in [-0.2, -0.15) is 5.10 Å². The third-order valence-electron chi connectivity index (χ3n) is 8.13. The quantitative estimate of drug-likeness (QED) is 0.101. The van der Waals surface area contributed by atoms with Crippen LogP contribution in [0, 0.1) is 6.92 Å². The summed E-state index contributed by atoms with van der Waals surface area (Å²) in [4.78, 5) is 44.8. The lowest BCUT2D eigenvalue weighted by Gasteiger charge is -2.25. The first-order valence-electron chi connectivity index (χ1n) is 16.2. The zero-order chi connectivity index (χ0) is 36.2. The number of aromatic nitrogens is 3. The van der Waals surface area contributed by atoms with E-state index in [1.165, 1.54) is 29.9 Å². The van der Waals surface area contributed by atoms with Crippen molar-refractivity contribution in [1.82, 2.24) is 14.3 Å². The summed E-state index contributed by atoms with van der Waals surface area (Å²) in [6, 6.07) is 19.5.